The summed E-state index contributed by atoms with van der Waals surface area (Å²) in [6, 6.07) is 38.9. The SMILES string of the molecule is Cc1ccc2c(n1)sc1c(-c3nc4ccccc4n3-c3ccc(C(C)(C)C)cc3)[c-]ccc12.[2H]C([2H])([2H])c1c[c-]c(-c2cc(C([2H])(C)C)[c]([Ge]([CH3])([CH3])[CH3])cn2)cc1.[Ir]. The van der Waals surface area contributed by atoms with Gasteiger partial charge in [-0.25, -0.2) is 4.98 Å². The third-order valence-corrected chi connectivity index (χ3v) is 14.9. The number of para-hydroxylation sites is 2. The van der Waals surface area contributed by atoms with Crippen molar-refractivity contribution in [3.05, 3.63) is 138 Å². The molecular formula is C47H48GeIrN4S-2. The van der Waals surface area contributed by atoms with E-state index >= 15 is 0 Å². The van der Waals surface area contributed by atoms with Gasteiger partial charge < -0.3 is 4.57 Å². The van der Waals surface area contributed by atoms with Crippen molar-refractivity contribution < 1.29 is 25.6 Å². The third kappa shape index (κ3) is 8.04. The average Bonchev–Trinajstić information content (AvgIpc) is 3.72. The van der Waals surface area contributed by atoms with Crippen LogP contribution in [0.15, 0.2) is 103 Å². The van der Waals surface area contributed by atoms with Gasteiger partial charge in [0.2, 0.25) is 0 Å². The number of hydrogen-bond donors (Lipinski definition) is 0. The van der Waals surface area contributed by atoms with Crippen molar-refractivity contribution in [1.82, 2.24) is 19.5 Å². The fraction of sp³-hybridized carbons (Fsp3) is 0.255. The number of rotatable bonds is 5. The maximum absolute atomic E-state index is 8.49. The first-order valence-electron chi connectivity index (χ1n) is 20.0. The molecule has 0 atom stereocenters. The topological polar surface area (TPSA) is 43.6 Å². The Kier molecular flexibility index (Phi) is 10.0. The van der Waals surface area contributed by atoms with Crippen LogP contribution in [-0.4, -0.2) is 32.8 Å². The minimum absolute atomic E-state index is 0. The molecule has 0 fully saturated rings. The summed E-state index contributed by atoms with van der Waals surface area (Å²) in [7, 11) is 0. The van der Waals surface area contributed by atoms with E-state index in [0.29, 0.717) is 0 Å². The van der Waals surface area contributed by atoms with Gasteiger partial charge in [-0.15, -0.1) is 18.2 Å². The summed E-state index contributed by atoms with van der Waals surface area (Å²) >= 11 is -0.419. The molecule has 4 aromatic heterocycles. The van der Waals surface area contributed by atoms with E-state index < -0.39 is 26.0 Å². The van der Waals surface area contributed by atoms with Gasteiger partial charge in [-0.1, -0.05) is 62.1 Å². The quantitative estimate of drug-likeness (QED) is 0.127. The molecule has 0 aliphatic carbocycles. The summed E-state index contributed by atoms with van der Waals surface area (Å²) in [6.45, 7) is 10.4. The molecule has 0 unspecified atom stereocenters. The van der Waals surface area contributed by atoms with E-state index in [1.165, 1.54) is 31.5 Å². The molecule has 277 valence electrons. The van der Waals surface area contributed by atoms with Gasteiger partial charge in [0, 0.05) is 31.5 Å². The van der Waals surface area contributed by atoms with Crippen LogP contribution in [0.2, 0.25) is 17.3 Å². The molecule has 4 nitrogen and oxygen atoms in total. The molecule has 8 rings (SSSR count). The Bertz CT molecular complexity index is 2740. The molecule has 7 heteroatoms. The van der Waals surface area contributed by atoms with E-state index in [2.05, 4.69) is 120 Å². The molecule has 4 aromatic carbocycles. The van der Waals surface area contributed by atoms with E-state index in [9.17, 15) is 0 Å². The van der Waals surface area contributed by atoms with Gasteiger partial charge in [-0.05, 0) is 58.3 Å². The minimum Gasteiger partial charge on any atom is 0 e. The van der Waals surface area contributed by atoms with Crippen LogP contribution in [0.1, 0.15) is 68.4 Å². The Labute approximate surface area is 346 Å². The zero-order valence-electron chi connectivity index (χ0n) is 36.3. The Balaban J connectivity index is 0.000000203. The molecule has 0 N–H and O–H groups in total. The van der Waals surface area contributed by atoms with Gasteiger partial charge >= 0.3 is 131 Å². The first-order chi connectivity index (χ1) is 26.7. The van der Waals surface area contributed by atoms with Gasteiger partial charge in [0.05, 0.1) is 16.9 Å². The monoisotopic (exact) mass is 971 g/mol. The van der Waals surface area contributed by atoms with Crippen molar-refractivity contribution in [3.63, 3.8) is 0 Å². The van der Waals surface area contributed by atoms with E-state index in [1.807, 2.05) is 45.2 Å². The second-order valence-corrected chi connectivity index (χ2v) is 27.5. The predicted molar refractivity (Wildman–Crippen MR) is 230 cm³/mol. The molecule has 0 saturated carbocycles. The van der Waals surface area contributed by atoms with Gasteiger partial charge in [0.25, 0.3) is 0 Å². The van der Waals surface area contributed by atoms with Crippen molar-refractivity contribution in [3.8, 4) is 28.3 Å². The fourth-order valence-corrected chi connectivity index (χ4v) is 11.2. The summed E-state index contributed by atoms with van der Waals surface area (Å²) in [4.78, 5) is 15.5. The van der Waals surface area contributed by atoms with Crippen LogP contribution < -0.4 is 4.40 Å². The summed E-state index contributed by atoms with van der Waals surface area (Å²) < 4.78 is 35.5. The van der Waals surface area contributed by atoms with Gasteiger partial charge in [0.15, 0.2) is 0 Å². The molecule has 0 bridgehead atoms. The number of aromatic nitrogens is 4. The first-order valence-corrected chi connectivity index (χ1v) is 26.2. The molecule has 1 radical (unpaired) electrons. The maximum Gasteiger partial charge on any atom is 0 e. The van der Waals surface area contributed by atoms with Gasteiger partial charge in [0.1, 0.15) is 4.83 Å². The number of nitrogens with zero attached hydrogens (tertiary/aromatic N) is 4. The van der Waals surface area contributed by atoms with Crippen molar-refractivity contribution >= 4 is 60.3 Å². The molecule has 0 spiro atoms. The molecule has 0 aliphatic rings. The van der Waals surface area contributed by atoms with E-state index in [1.54, 1.807) is 23.5 Å². The molecule has 0 aliphatic heterocycles. The number of aryl methyl sites for hydroxylation is 2. The smallest absolute Gasteiger partial charge is 0 e. The van der Waals surface area contributed by atoms with Crippen LogP contribution in [0, 0.1) is 25.9 Å². The molecule has 0 amide bonds. The van der Waals surface area contributed by atoms with Crippen molar-refractivity contribution in [1.29, 1.82) is 0 Å². The van der Waals surface area contributed by atoms with Crippen LogP contribution in [0.5, 0.6) is 0 Å². The van der Waals surface area contributed by atoms with Gasteiger partial charge in [-0.2, -0.15) is 11.3 Å². The van der Waals surface area contributed by atoms with Gasteiger partial charge in [-0.3, -0.25) is 4.98 Å². The zero-order valence-corrected chi connectivity index (χ0v) is 37.7. The Morgan fingerprint density at radius 1 is 0.889 bits per heavy atom. The van der Waals surface area contributed by atoms with Crippen LogP contribution in [0.3, 0.4) is 0 Å². The number of hydrogen-bond acceptors (Lipinski definition) is 4. The van der Waals surface area contributed by atoms with Crippen LogP contribution in [0.25, 0.3) is 59.7 Å². The van der Waals surface area contributed by atoms with Crippen LogP contribution in [0.4, 0.5) is 0 Å². The fourth-order valence-electron chi connectivity index (χ4n) is 6.64. The van der Waals surface area contributed by atoms with Crippen LogP contribution in [-0.2, 0) is 25.5 Å². The number of imidazole rings is 1. The second-order valence-electron chi connectivity index (χ2n) is 15.9. The Hall–Kier alpha value is -3.94. The molecule has 0 saturated heterocycles. The summed E-state index contributed by atoms with van der Waals surface area (Å²) in [5, 5.41) is 2.39. The first kappa shape index (κ1) is 34.5. The molecule has 8 aromatic rings. The number of fused-ring (bicyclic) bond motifs is 4. The zero-order chi connectivity index (χ0) is 41.1. The van der Waals surface area contributed by atoms with Crippen LogP contribution >= 0.6 is 11.3 Å². The Morgan fingerprint density at radius 3 is 2.31 bits per heavy atom. The normalized spacial score (nSPS) is 13.4. The van der Waals surface area contributed by atoms with Crippen molar-refractivity contribution in [2.24, 2.45) is 0 Å². The predicted octanol–water partition coefficient (Wildman–Crippen LogP) is 12.4. The van der Waals surface area contributed by atoms with E-state index in [4.69, 9.17) is 15.5 Å². The second kappa shape index (κ2) is 15.7. The summed E-state index contributed by atoms with van der Waals surface area (Å²) in [6.07, 6.45) is 1.91. The number of benzene rings is 4. The summed E-state index contributed by atoms with van der Waals surface area (Å²) in [5.41, 5.74) is 9.42. The maximum atomic E-state index is 8.49. The third-order valence-electron chi connectivity index (χ3n) is 9.55. The number of thiophene rings is 1. The molecule has 54 heavy (non-hydrogen) atoms. The van der Waals surface area contributed by atoms with E-state index in [-0.39, 0.29) is 31.1 Å². The average molecular weight is 970 g/mol. The van der Waals surface area contributed by atoms with Crippen molar-refractivity contribution in [2.75, 3.05) is 0 Å². The Morgan fingerprint density at radius 2 is 1.65 bits per heavy atom. The standard InChI is InChI=1S/C29H24N3S.C18H24GeN.Ir/c1-18-12-17-22-21-8-7-9-23(26(21)33-28(22)30-18)27-31-24-10-5-6-11-25(24)32(27)20-15-13-19(14-16-20)29(2,3)4;1-13(2)16-11-18(15-9-7-14(3)8-10-15)20-12-17(16)19(4,5)6;/h5-8,10-17H,1-4H3;7-9,11-13H,1-6H3;/q2*-1;/i;3D3,13D;. The largest absolute Gasteiger partial charge is 0 e. The molecular weight excluding hydrogens is 917 g/mol. The summed E-state index contributed by atoms with van der Waals surface area (Å²) in [5.74, 6) is 7.09. The number of pyridine rings is 2. The molecule has 4 heterocycles. The van der Waals surface area contributed by atoms with Crippen molar-refractivity contribution in [2.45, 2.75) is 77.0 Å². The van der Waals surface area contributed by atoms with E-state index in [0.717, 1.165) is 55.5 Å². The minimum atomic E-state index is -2.14.